The average Bonchev–Trinajstić information content (AvgIpc) is 2.77. The van der Waals surface area contributed by atoms with Crippen molar-refractivity contribution < 1.29 is 14.4 Å². The molecule has 6 nitrogen and oxygen atoms in total. The molecule has 106 valence electrons. The SMILES string of the molecule is Cc1nc(C=CC(=O)N2CC(=O)NC(=O)C2(C)C)cs1. The predicted molar refractivity (Wildman–Crippen MR) is 74.8 cm³/mol. The van der Waals surface area contributed by atoms with Gasteiger partial charge in [0, 0.05) is 11.5 Å². The Morgan fingerprint density at radius 3 is 2.80 bits per heavy atom. The number of aryl methyl sites for hydroxylation is 1. The maximum atomic E-state index is 12.2. The smallest absolute Gasteiger partial charge is 0.252 e. The minimum Gasteiger partial charge on any atom is -0.316 e. The van der Waals surface area contributed by atoms with E-state index in [9.17, 15) is 14.4 Å². The van der Waals surface area contributed by atoms with Crippen LogP contribution in [0.25, 0.3) is 6.08 Å². The van der Waals surface area contributed by atoms with Gasteiger partial charge in [-0.05, 0) is 26.8 Å². The normalized spacial score (nSPS) is 18.4. The number of imide groups is 1. The van der Waals surface area contributed by atoms with E-state index < -0.39 is 17.4 Å². The van der Waals surface area contributed by atoms with Crippen LogP contribution >= 0.6 is 11.3 Å². The van der Waals surface area contributed by atoms with Crippen LogP contribution in [0.2, 0.25) is 0 Å². The average molecular weight is 293 g/mol. The zero-order valence-electron chi connectivity index (χ0n) is 11.5. The first-order valence-corrected chi connectivity index (χ1v) is 6.95. The lowest BCUT2D eigenvalue weighted by Crippen LogP contribution is -2.65. The quantitative estimate of drug-likeness (QED) is 0.644. The second kappa shape index (κ2) is 5.16. The maximum absolute atomic E-state index is 12.2. The monoisotopic (exact) mass is 293 g/mol. The summed E-state index contributed by atoms with van der Waals surface area (Å²) in [5.74, 6) is -1.33. The fraction of sp³-hybridized carbons (Fsp3) is 0.385. The van der Waals surface area contributed by atoms with E-state index in [4.69, 9.17) is 0 Å². The largest absolute Gasteiger partial charge is 0.316 e. The van der Waals surface area contributed by atoms with Crippen molar-refractivity contribution in [1.82, 2.24) is 15.2 Å². The molecule has 7 heteroatoms. The molecule has 0 aliphatic carbocycles. The highest BCUT2D eigenvalue weighted by molar-refractivity contribution is 7.09. The van der Waals surface area contributed by atoms with Crippen LogP contribution in [0.15, 0.2) is 11.5 Å². The second-order valence-electron chi connectivity index (χ2n) is 4.99. The molecule has 0 radical (unpaired) electrons. The lowest BCUT2D eigenvalue weighted by atomic mass is 9.98. The highest BCUT2D eigenvalue weighted by Gasteiger charge is 2.42. The third-order valence-corrected chi connectivity index (χ3v) is 3.88. The van der Waals surface area contributed by atoms with E-state index in [1.807, 2.05) is 12.3 Å². The number of thiazole rings is 1. The Morgan fingerprint density at radius 1 is 1.50 bits per heavy atom. The molecule has 1 aromatic rings. The third-order valence-electron chi connectivity index (χ3n) is 3.08. The molecule has 1 fully saturated rings. The molecular weight excluding hydrogens is 278 g/mol. The van der Waals surface area contributed by atoms with Crippen LogP contribution in [-0.4, -0.2) is 39.7 Å². The van der Waals surface area contributed by atoms with Gasteiger partial charge in [0.25, 0.3) is 5.91 Å². The lowest BCUT2D eigenvalue weighted by molar-refractivity contribution is -0.153. The summed E-state index contributed by atoms with van der Waals surface area (Å²) in [5, 5.41) is 4.96. The lowest BCUT2D eigenvalue weighted by Gasteiger charge is -2.39. The molecule has 20 heavy (non-hydrogen) atoms. The van der Waals surface area contributed by atoms with Gasteiger partial charge in [-0.15, -0.1) is 11.3 Å². The number of amides is 3. The van der Waals surface area contributed by atoms with Gasteiger partial charge in [-0.25, -0.2) is 4.98 Å². The molecular formula is C13H15N3O3S. The third kappa shape index (κ3) is 2.77. The molecule has 0 aromatic carbocycles. The van der Waals surface area contributed by atoms with Crippen molar-refractivity contribution in [2.45, 2.75) is 26.3 Å². The van der Waals surface area contributed by atoms with Crippen LogP contribution in [0.4, 0.5) is 0 Å². The minimum absolute atomic E-state index is 0.127. The number of hydrogen-bond acceptors (Lipinski definition) is 5. The molecule has 0 unspecified atom stereocenters. The standard InChI is InChI=1S/C13H15N3O3S/c1-8-14-9(7-20-8)4-5-11(18)16-6-10(17)15-12(19)13(16,2)3/h4-5,7H,6H2,1-3H3,(H,15,17,19). The van der Waals surface area contributed by atoms with E-state index >= 15 is 0 Å². The fourth-order valence-corrected chi connectivity index (χ4v) is 2.42. The molecule has 1 aromatic heterocycles. The number of hydrogen-bond donors (Lipinski definition) is 1. The Balaban J connectivity index is 2.17. The van der Waals surface area contributed by atoms with E-state index in [-0.39, 0.29) is 12.5 Å². The van der Waals surface area contributed by atoms with Crippen LogP contribution in [0.5, 0.6) is 0 Å². The van der Waals surface area contributed by atoms with Crippen LogP contribution in [0.3, 0.4) is 0 Å². The van der Waals surface area contributed by atoms with Crippen molar-refractivity contribution in [3.8, 4) is 0 Å². The van der Waals surface area contributed by atoms with Crippen LogP contribution in [-0.2, 0) is 14.4 Å². The van der Waals surface area contributed by atoms with Crippen molar-refractivity contribution in [2.75, 3.05) is 6.54 Å². The molecule has 3 amide bonds. The van der Waals surface area contributed by atoms with Crippen LogP contribution in [0.1, 0.15) is 24.5 Å². The summed E-state index contributed by atoms with van der Waals surface area (Å²) >= 11 is 1.49. The van der Waals surface area contributed by atoms with Crippen LogP contribution in [0, 0.1) is 6.92 Å². The molecule has 1 N–H and O–H groups in total. The number of carbonyl (C=O) groups excluding carboxylic acids is 3. The van der Waals surface area contributed by atoms with Gasteiger partial charge in [-0.2, -0.15) is 0 Å². The number of piperazine rings is 1. The van der Waals surface area contributed by atoms with E-state index in [1.54, 1.807) is 19.9 Å². The Morgan fingerprint density at radius 2 is 2.20 bits per heavy atom. The summed E-state index contributed by atoms with van der Waals surface area (Å²) in [5.41, 5.74) is -0.362. The first-order chi connectivity index (χ1) is 9.30. The number of nitrogens with one attached hydrogen (secondary N) is 1. The minimum atomic E-state index is -1.05. The molecule has 2 rings (SSSR count). The van der Waals surface area contributed by atoms with Gasteiger partial charge in [0.15, 0.2) is 0 Å². The molecule has 1 aliphatic rings. The molecule has 1 saturated heterocycles. The van der Waals surface area contributed by atoms with E-state index in [0.717, 1.165) is 5.01 Å². The van der Waals surface area contributed by atoms with Gasteiger partial charge in [0.2, 0.25) is 11.8 Å². The fourth-order valence-electron chi connectivity index (χ4n) is 1.84. The van der Waals surface area contributed by atoms with Gasteiger partial charge in [0.05, 0.1) is 10.7 Å². The number of carbonyl (C=O) groups is 3. The van der Waals surface area contributed by atoms with Crippen molar-refractivity contribution in [3.05, 3.63) is 22.2 Å². The van der Waals surface area contributed by atoms with E-state index in [1.165, 1.54) is 22.3 Å². The van der Waals surface area contributed by atoms with Gasteiger partial charge >= 0.3 is 0 Å². The molecule has 2 heterocycles. The molecule has 0 atom stereocenters. The van der Waals surface area contributed by atoms with Gasteiger partial charge in [0.1, 0.15) is 12.1 Å². The van der Waals surface area contributed by atoms with E-state index in [2.05, 4.69) is 10.3 Å². The van der Waals surface area contributed by atoms with Gasteiger partial charge in [-0.3, -0.25) is 19.7 Å². The summed E-state index contributed by atoms with van der Waals surface area (Å²) < 4.78 is 0. The molecule has 0 saturated carbocycles. The summed E-state index contributed by atoms with van der Waals surface area (Å²) in [7, 11) is 0. The number of nitrogens with zero attached hydrogens (tertiary/aromatic N) is 2. The zero-order chi connectivity index (χ0) is 14.9. The van der Waals surface area contributed by atoms with Gasteiger partial charge in [-0.1, -0.05) is 0 Å². The Labute approximate surface area is 120 Å². The van der Waals surface area contributed by atoms with E-state index in [0.29, 0.717) is 5.69 Å². The summed E-state index contributed by atoms with van der Waals surface area (Å²) in [6, 6.07) is 0. The summed E-state index contributed by atoms with van der Waals surface area (Å²) in [6.07, 6.45) is 2.92. The molecule has 0 bridgehead atoms. The van der Waals surface area contributed by atoms with Crippen molar-refractivity contribution in [3.63, 3.8) is 0 Å². The topological polar surface area (TPSA) is 79.4 Å². The second-order valence-corrected chi connectivity index (χ2v) is 6.05. The Kier molecular flexibility index (Phi) is 3.71. The maximum Gasteiger partial charge on any atom is 0.252 e. The van der Waals surface area contributed by atoms with Crippen molar-refractivity contribution in [2.24, 2.45) is 0 Å². The molecule has 1 aliphatic heterocycles. The van der Waals surface area contributed by atoms with Gasteiger partial charge < -0.3 is 4.90 Å². The first kappa shape index (κ1) is 14.4. The first-order valence-electron chi connectivity index (χ1n) is 6.07. The summed E-state index contributed by atoms with van der Waals surface area (Å²) in [6.45, 7) is 4.96. The van der Waals surface area contributed by atoms with Crippen molar-refractivity contribution >= 4 is 35.1 Å². The Bertz CT molecular complexity index is 604. The predicted octanol–water partition coefficient (Wildman–Crippen LogP) is 0.728. The Hall–Kier alpha value is -2.02. The van der Waals surface area contributed by atoms with Crippen LogP contribution < -0.4 is 5.32 Å². The number of rotatable bonds is 2. The zero-order valence-corrected chi connectivity index (χ0v) is 12.3. The highest BCUT2D eigenvalue weighted by atomic mass is 32.1. The van der Waals surface area contributed by atoms with Crippen molar-refractivity contribution in [1.29, 1.82) is 0 Å². The molecule has 0 spiro atoms. The number of aromatic nitrogens is 1. The highest BCUT2D eigenvalue weighted by Crippen LogP contribution is 2.19. The summed E-state index contributed by atoms with van der Waals surface area (Å²) in [4.78, 5) is 40.8.